The fourth-order valence-corrected chi connectivity index (χ4v) is 3.23. The first-order chi connectivity index (χ1) is 14.6. The lowest BCUT2D eigenvalue weighted by Crippen LogP contribution is -2.48. The number of rotatable bonds is 5. The number of piperidine rings is 1. The molecule has 0 aliphatic carbocycles. The van der Waals surface area contributed by atoms with Crippen LogP contribution in [0.3, 0.4) is 0 Å². The van der Waals surface area contributed by atoms with Gasteiger partial charge in [-0.1, -0.05) is 18.2 Å². The van der Waals surface area contributed by atoms with E-state index in [0.29, 0.717) is 43.9 Å². The number of carbonyl (C=O) groups is 3. The number of nitrogens with one attached hydrogen (secondary N) is 3. The van der Waals surface area contributed by atoms with Crippen LogP contribution in [0.1, 0.15) is 30.1 Å². The Hall–Kier alpha value is -3.55. The first kappa shape index (κ1) is 21.2. The van der Waals surface area contributed by atoms with Gasteiger partial charge in [0, 0.05) is 30.3 Å². The molecule has 1 aliphatic rings. The van der Waals surface area contributed by atoms with E-state index in [0.717, 1.165) is 5.69 Å². The van der Waals surface area contributed by atoms with Crippen LogP contribution in [0.5, 0.6) is 5.75 Å². The standard InChI is InChI=1S/C22H26N4O4/c1-2-30-19-10-8-16(9-11-19)20(27)24-25-21(28)17-12-14-26(15-13-17)22(29)23-18-6-4-3-5-7-18/h3-11,17H,2,12-15H2,1H3,(H,23,29)(H,24,27)(H,25,28). The average molecular weight is 410 g/mol. The first-order valence-electron chi connectivity index (χ1n) is 10.0. The highest BCUT2D eigenvalue weighted by atomic mass is 16.5. The smallest absolute Gasteiger partial charge is 0.321 e. The van der Waals surface area contributed by atoms with Crippen LogP contribution in [0, 0.1) is 5.92 Å². The minimum absolute atomic E-state index is 0.177. The monoisotopic (exact) mass is 410 g/mol. The van der Waals surface area contributed by atoms with Gasteiger partial charge in [-0.05, 0) is 56.2 Å². The number of likely N-dealkylation sites (tertiary alicyclic amines) is 1. The molecule has 0 unspecified atom stereocenters. The Labute approximate surface area is 175 Å². The van der Waals surface area contributed by atoms with Gasteiger partial charge in [0.25, 0.3) is 5.91 Å². The maximum Gasteiger partial charge on any atom is 0.321 e. The highest BCUT2D eigenvalue weighted by molar-refractivity contribution is 5.95. The van der Waals surface area contributed by atoms with Gasteiger partial charge in [0.05, 0.1) is 6.61 Å². The summed E-state index contributed by atoms with van der Waals surface area (Å²) in [6.07, 6.45) is 1.07. The summed E-state index contributed by atoms with van der Waals surface area (Å²) in [6.45, 7) is 3.39. The van der Waals surface area contributed by atoms with E-state index in [1.54, 1.807) is 29.2 Å². The van der Waals surface area contributed by atoms with Crippen molar-refractivity contribution in [2.45, 2.75) is 19.8 Å². The second-order valence-electron chi connectivity index (χ2n) is 6.96. The molecule has 1 fully saturated rings. The summed E-state index contributed by atoms with van der Waals surface area (Å²) in [7, 11) is 0. The van der Waals surface area contributed by atoms with Crippen LogP contribution < -0.4 is 20.9 Å². The minimum Gasteiger partial charge on any atom is -0.494 e. The van der Waals surface area contributed by atoms with Crippen molar-refractivity contribution < 1.29 is 19.1 Å². The lowest BCUT2D eigenvalue weighted by Gasteiger charge is -2.31. The van der Waals surface area contributed by atoms with Gasteiger partial charge in [0.1, 0.15) is 5.75 Å². The zero-order valence-electron chi connectivity index (χ0n) is 16.9. The molecule has 0 atom stereocenters. The predicted octanol–water partition coefficient (Wildman–Crippen LogP) is 2.79. The van der Waals surface area contributed by atoms with Crippen molar-refractivity contribution in [3.05, 3.63) is 60.2 Å². The zero-order valence-corrected chi connectivity index (χ0v) is 16.9. The summed E-state index contributed by atoms with van der Waals surface area (Å²) in [4.78, 5) is 38.6. The molecule has 1 heterocycles. The Bertz CT molecular complexity index is 862. The number of nitrogens with zero attached hydrogens (tertiary/aromatic N) is 1. The van der Waals surface area contributed by atoms with E-state index < -0.39 is 5.91 Å². The van der Waals surface area contributed by atoms with Crippen molar-refractivity contribution in [1.82, 2.24) is 15.8 Å². The summed E-state index contributed by atoms with van der Waals surface area (Å²) in [5, 5.41) is 2.85. The molecule has 2 aromatic rings. The third-order valence-electron chi connectivity index (χ3n) is 4.90. The molecule has 8 nitrogen and oxygen atoms in total. The van der Waals surface area contributed by atoms with Crippen LogP contribution in [0.4, 0.5) is 10.5 Å². The molecule has 8 heteroatoms. The van der Waals surface area contributed by atoms with E-state index in [-0.39, 0.29) is 17.9 Å². The van der Waals surface area contributed by atoms with Crippen molar-refractivity contribution in [2.24, 2.45) is 5.92 Å². The molecule has 30 heavy (non-hydrogen) atoms. The normalized spacial score (nSPS) is 14.0. The van der Waals surface area contributed by atoms with E-state index in [4.69, 9.17) is 4.74 Å². The summed E-state index contributed by atoms with van der Waals surface area (Å²) in [5.41, 5.74) is 6.09. The number of anilines is 1. The highest BCUT2D eigenvalue weighted by Gasteiger charge is 2.27. The maximum atomic E-state index is 12.4. The van der Waals surface area contributed by atoms with Crippen molar-refractivity contribution in [3.8, 4) is 5.75 Å². The molecular formula is C22H26N4O4. The molecule has 1 aliphatic heterocycles. The van der Waals surface area contributed by atoms with Crippen LogP contribution in [-0.4, -0.2) is 42.4 Å². The van der Waals surface area contributed by atoms with Gasteiger partial charge >= 0.3 is 6.03 Å². The number of hydrogen-bond acceptors (Lipinski definition) is 4. The zero-order chi connectivity index (χ0) is 21.3. The topological polar surface area (TPSA) is 99.8 Å². The summed E-state index contributed by atoms with van der Waals surface area (Å²) in [5.74, 6) is -0.226. The molecule has 2 aromatic carbocycles. The molecule has 0 aromatic heterocycles. The molecule has 4 amide bonds. The van der Waals surface area contributed by atoms with E-state index >= 15 is 0 Å². The van der Waals surface area contributed by atoms with Crippen molar-refractivity contribution >= 4 is 23.5 Å². The van der Waals surface area contributed by atoms with E-state index in [1.165, 1.54) is 0 Å². The third kappa shape index (κ3) is 5.73. The quantitative estimate of drug-likeness (QED) is 0.660. The van der Waals surface area contributed by atoms with Gasteiger partial charge in [-0.3, -0.25) is 20.4 Å². The van der Waals surface area contributed by atoms with E-state index in [1.807, 2.05) is 37.3 Å². The fraction of sp³-hybridized carbons (Fsp3) is 0.318. The number of amides is 4. The number of ether oxygens (including phenoxy) is 1. The molecule has 0 bridgehead atoms. The first-order valence-corrected chi connectivity index (χ1v) is 10.0. The summed E-state index contributed by atoms with van der Waals surface area (Å²) < 4.78 is 5.34. The highest BCUT2D eigenvalue weighted by Crippen LogP contribution is 2.18. The number of para-hydroxylation sites is 1. The fourth-order valence-electron chi connectivity index (χ4n) is 3.23. The van der Waals surface area contributed by atoms with Crippen LogP contribution in [0.2, 0.25) is 0 Å². The van der Waals surface area contributed by atoms with Gasteiger partial charge < -0.3 is 15.0 Å². The number of hydrazine groups is 1. The van der Waals surface area contributed by atoms with Crippen molar-refractivity contribution in [1.29, 1.82) is 0 Å². The molecule has 1 saturated heterocycles. The van der Waals surface area contributed by atoms with Crippen LogP contribution in [-0.2, 0) is 4.79 Å². The van der Waals surface area contributed by atoms with Gasteiger partial charge in [0.15, 0.2) is 0 Å². The molecule has 158 valence electrons. The average Bonchev–Trinajstić information content (AvgIpc) is 2.78. The number of urea groups is 1. The van der Waals surface area contributed by atoms with Gasteiger partial charge in [-0.15, -0.1) is 0 Å². The Kier molecular flexibility index (Phi) is 7.26. The molecule has 3 rings (SSSR count). The lowest BCUT2D eigenvalue weighted by molar-refractivity contribution is -0.127. The lowest BCUT2D eigenvalue weighted by atomic mass is 9.96. The number of benzene rings is 2. The number of carbonyl (C=O) groups excluding carboxylic acids is 3. The Morgan fingerprint density at radius 2 is 1.63 bits per heavy atom. The van der Waals surface area contributed by atoms with Gasteiger partial charge in [-0.25, -0.2) is 4.79 Å². The summed E-state index contributed by atoms with van der Waals surface area (Å²) >= 11 is 0. The second-order valence-corrected chi connectivity index (χ2v) is 6.96. The molecular weight excluding hydrogens is 384 g/mol. The van der Waals surface area contributed by atoms with E-state index in [9.17, 15) is 14.4 Å². The predicted molar refractivity (Wildman–Crippen MR) is 113 cm³/mol. The number of hydrogen-bond donors (Lipinski definition) is 3. The van der Waals surface area contributed by atoms with Gasteiger partial charge in [-0.2, -0.15) is 0 Å². The summed E-state index contributed by atoms with van der Waals surface area (Å²) in [6, 6.07) is 15.7. The van der Waals surface area contributed by atoms with Crippen LogP contribution >= 0.6 is 0 Å². The molecule has 0 radical (unpaired) electrons. The Morgan fingerprint density at radius 3 is 2.27 bits per heavy atom. The molecule has 0 saturated carbocycles. The maximum absolute atomic E-state index is 12.4. The third-order valence-corrected chi connectivity index (χ3v) is 4.90. The van der Waals surface area contributed by atoms with E-state index in [2.05, 4.69) is 16.2 Å². The Morgan fingerprint density at radius 1 is 0.967 bits per heavy atom. The largest absolute Gasteiger partial charge is 0.494 e. The van der Waals surface area contributed by atoms with Crippen LogP contribution in [0.15, 0.2) is 54.6 Å². The SMILES string of the molecule is CCOc1ccc(C(=O)NNC(=O)C2CCN(C(=O)Nc3ccccc3)CC2)cc1. The van der Waals surface area contributed by atoms with Crippen LogP contribution in [0.25, 0.3) is 0 Å². The second kappa shape index (κ2) is 10.3. The van der Waals surface area contributed by atoms with Crippen molar-refractivity contribution in [2.75, 3.05) is 25.0 Å². The Balaban J connectivity index is 1.41. The van der Waals surface area contributed by atoms with Gasteiger partial charge in [0.2, 0.25) is 5.91 Å². The minimum atomic E-state index is -0.397. The van der Waals surface area contributed by atoms with Crippen molar-refractivity contribution in [3.63, 3.8) is 0 Å². The molecule has 3 N–H and O–H groups in total. The molecule has 0 spiro atoms.